The first-order valence-corrected chi connectivity index (χ1v) is 9.11. The van der Waals surface area contributed by atoms with E-state index >= 15 is 0 Å². The number of nitrogens with zero attached hydrogens (tertiary/aromatic N) is 3. The number of thiophene rings is 1. The number of aromatic nitrogens is 3. The zero-order valence-corrected chi connectivity index (χ0v) is 14.4. The van der Waals surface area contributed by atoms with Gasteiger partial charge in [-0.05, 0) is 36.8 Å². The van der Waals surface area contributed by atoms with E-state index in [0.717, 1.165) is 41.5 Å². The van der Waals surface area contributed by atoms with Crippen molar-refractivity contribution >= 4 is 27.5 Å². The Labute approximate surface area is 148 Å². The first-order valence-electron chi connectivity index (χ1n) is 8.30. The van der Waals surface area contributed by atoms with Crippen LogP contribution in [0.2, 0.25) is 0 Å². The van der Waals surface area contributed by atoms with Crippen molar-refractivity contribution in [3.63, 3.8) is 0 Å². The Morgan fingerprint density at radius 1 is 1.20 bits per heavy atom. The Morgan fingerprint density at radius 3 is 2.84 bits per heavy atom. The average Bonchev–Trinajstić information content (AvgIpc) is 3.02. The molecular weight excluding hydrogens is 338 g/mol. The van der Waals surface area contributed by atoms with E-state index in [4.69, 9.17) is 4.74 Å². The Balaban J connectivity index is 1.54. The minimum Gasteiger partial charge on any atom is -0.459 e. The van der Waals surface area contributed by atoms with Gasteiger partial charge in [0.1, 0.15) is 13.2 Å². The van der Waals surface area contributed by atoms with Crippen LogP contribution in [0.3, 0.4) is 0 Å². The zero-order chi connectivity index (χ0) is 17.2. The molecule has 0 radical (unpaired) electrons. The van der Waals surface area contributed by atoms with Crippen LogP contribution < -0.4 is 5.56 Å². The van der Waals surface area contributed by atoms with E-state index in [2.05, 4.69) is 10.3 Å². The lowest BCUT2D eigenvalue weighted by Crippen LogP contribution is -2.28. The molecule has 0 amide bonds. The molecule has 0 unspecified atom stereocenters. The summed E-state index contributed by atoms with van der Waals surface area (Å²) in [6.45, 7) is -0.0445. The molecule has 2 aromatic heterocycles. The summed E-state index contributed by atoms with van der Waals surface area (Å²) in [5, 5.41) is 8.68. The number of esters is 1. The van der Waals surface area contributed by atoms with Crippen LogP contribution in [0.1, 0.15) is 28.8 Å². The number of benzene rings is 1. The van der Waals surface area contributed by atoms with Crippen LogP contribution in [0, 0.1) is 0 Å². The molecule has 0 spiro atoms. The third kappa shape index (κ3) is 3.19. The van der Waals surface area contributed by atoms with Gasteiger partial charge in [-0.15, -0.1) is 16.4 Å². The predicted octanol–water partition coefficient (Wildman–Crippen LogP) is 2.48. The monoisotopic (exact) mass is 355 g/mol. The molecule has 0 saturated carbocycles. The number of rotatable bonds is 4. The molecule has 6 nitrogen and oxygen atoms in total. The molecule has 25 heavy (non-hydrogen) atoms. The highest BCUT2D eigenvalue weighted by Crippen LogP contribution is 2.33. The number of carbonyl (C=O) groups excluding carboxylic acids is 1. The Hall–Kier alpha value is -2.54. The topological polar surface area (TPSA) is 74.1 Å². The van der Waals surface area contributed by atoms with Crippen LogP contribution in [0.4, 0.5) is 0 Å². The van der Waals surface area contributed by atoms with Gasteiger partial charge in [-0.1, -0.05) is 35.5 Å². The Bertz CT molecular complexity index is 978. The van der Waals surface area contributed by atoms with Gasteiger partial charge in [-0.25, -0.2) is 0 Å². The van der Waals surface area contributed by atoms with E-state index in [1.165, 1.54) is 4.88 Å². The van der Waals surface area contributed by atoms with E-state index in [-0.39, 0.29) is 18.7 Å². The number of hydrogen-bond acceptors (Lipinski definition) is 6. The summed E-state index contributed by atoms with van der Waals surface area (Å²) in [6.07, 6.45) is 4.12. The standard InChI is InChI=1S/C18H17N3O3S/c22-15(24-11-12-6-2-1-3-7-12)10-21-18(23)16-13-8-4-5-9-14(13)25-17(16)19-20-21/h1-3,6-7H,4-5,8-11H2. The summed E-state index contributed by atoms with van der Waals surface area (Å²) in [4.78, 5) is 26.7. The van der Waals surface area contributed by atoms with E-state index in [1.54, 1.807) is 11.3 Å². The van der Waals surface area contributed by atoms with Gasteiger partial charge in [-0.3, -0.25) is 9.59 Å². The minimum atomic E-state index is -0.497. The fourth-order valence-electron chi connectivity index (χ4n) is 3.12. The third-order valence-electron chi connectivity index (χ3n) is 4.37. The number of aryl methyl sites for hydroxylation is 2. The van der Waals surface area contributed by atoms with Gasteiger partial charge >= 0.3 is 5.97 Å². The van der Waals surface area contributed by atoms with Crippen LogP contribution in [0.15, 0.2) is 35.1 Å². The van der Waals surface area contributed by atoms with Gasteiger partial charge in [0.05, 0.1) is 5.39 Å². The second-order valence-corrected chi connectivity index (χ2v) is 7.17. The van der Waals surface area contributed by atoms with Crippen LogP contribution in [-0.4, -0.2) is 21.0 Å². The van der Waals surface area contributed by atoms with Gasteiger partial charge in [0, 0.05) is 4.88 Å². The predicted molar refractivity (Wildman–Crippen MR) is 94.6 cm³/mol. The maximum Gasteiger partial charge on any atom is 0.328 e. The lowest BCUT2D eigenvalue weighted by atomic mass is 9.97. The highest BCUT2D eigenvalue weighted by molar-refractivity contribution is 7.18. The summed E-state index contributed by atoms with van der Waals surface area (Å²) in [5.41, 5.74) is 1.75. The summed E-state index contributed by atoms with van der Waals surface area (Å²) >= 11 is 1.55. The van der Waals surface area contributed by atoms with Crippen molar-refractivity contribution in [3.05, 3.63) is 56.7 Å². The first-order chi connectivity index (χ1) is 12.2. The van der Waals surface area contributed by atoms with Gasteiger partial charge < -0.3 is 4.74 Å². The van der Waals surface area contributed by atoms with Crippen molar-refractivity contribution in [2.24, 2.45) is 0 Å². The number of hydrogen-bond donors (Lipinski definition) is 0. The summed E-state index contributed by atoms with van der Waals surface area (Å²) in [7, 11) is 0. The first kappa shape index (κ1) is 16.0. The summed E-state index contributed by atoms with van der Waals surface area (Å²) in [5.74, 6) is -0.497. The van der Waals surface area contributed by atoms with Crippen molar-refractivity contribution in [1.82, 2.24) is 15.0 Å². The fourth-order valence-corrected chi connectivity index (χ4v) is 4.31. The summed E-state index contributed by atoms with van der Waals surface area (Å²) in [6, 6.07) is 9.42. The molecule has 0 saturated heterocycles. The van der Waals surface area contributed by atoms with Crippen molar-refractivity contribution in [1.29, 1.82) is 0 Å². The van der Waals surface area contributed by atoms with Crippen LogP contribution in [-0.2, 0) is 35.5 Å². The lowest BCUT2D eigenvalue weighted by Gasteiger charge is -2.10. The molecule has 0 bridgehead atoms. The third-order valence-corrected chi connectivity index (χ3v) is 5.54. The highest BCUT2D eigenvalue weighted by atomic mass is 32.1. The Kier molecular flexibility index (Phi) is 4.31. The molecule has 1 aliphatic rings. The zero-order valence-electron chi connectivity index (χ0n) is 13.6. The summed E-state index contributed by atoms with van der Waals surface area (Å²) < 4.78 is 6.34. The molecule has 0 atom stereocenters. The molecule has 1 aliphatic carbocycles. The van der Waals surface area contributed by atoms with E-state index in [9.17, 15) is 9.59 Å². The number of fused-ring (bicyclic) bond motifs is 3. The van der Waals surface area contributed by atoms with Crippen LogP contribution in [0.5, 0.6) is 0 Å². The molecule has 2 heterocycles. The maximum atomic E-state index is 12.7. The molecule has 0 fully saturated rings. The van der Waals surface area contributed by atoms with E-state index < -0.39 is 5.97 Å². The molecular formula is C18H17N3O3S. The van der Waals surface area contributed by atoms with Gasteiger partial charge in [-0.2, -0.15) is 4.68 Å². The van der Waals surface area contributed by atoms with Crippen LogP contribution in [0.25, 0.3) is 10.2 Å². The van der Waals surface area contributed by atoms with E-state index in [1.807, 2.05) is 30.3 Å². The number of carbonyl (C=O) groups is 1. The molecule has 0 N–H and O–H groups in total. The molecule has 0 aliphatic heterocycles. The molecule has 1 aromatic carbocycles. The second kappa shape index (κ2) is 6.76. The van der Waals surface area contributed by atoms with Gasteiger partial charge in [0.25, 0.3) is 5.56 Å². The normalized spacial score (nSPS) is 13.6. The van der Waals surface area contributed by atoms with E-state index in [0.29, 0.717) is 10.2 Å². The highest BCUT2D eigenvalue weighted by Gasteiger charge is 2.21. The fraction of sp³-hybridized carbons (Fsp3) is 0.333. The van der Waals surface area contributed by atoms with Crippen molar-refractivity contribution in [2.75, 3.05) is 0 Å². The van der Waals surface area contributed by atoms with Gasteiger partial charge in [0.2, 0.25) is 0 Å². The quantitative estimate of drug-likeness (QED) is 0.672. The Morgan fingerprint density at radius 2 is 2.00 bits per heavy atom. The van der Waals surface area contributed by atoms with Gasteiger partial charge in [0.15, 0.2) is 4.83 Å². The maximum absolute atomic E-state index is 12.7. The smallest absolute Gasteiger partial charge is 0.328 e. The molecule has 4 rings (SSSR count). The molecule has 128 valence electrons. The SMILES string of the molecule is O=C(Cn1nnc2sc3c(c2c1=O)CCCC3)OCc1ccccc1. The van der Waals surface area contributed by atoms with Crippen molar-refractivity contribution in [2.45, 2.75) is 38.8 Å². The average molecular weight is 355 g/mol. The minimum absolute atomic E-state index is 0.179. The molecule has 7 heteroatoms. The lowest BCUT2D eigenvalue weighted by molar-refractivity contribution is -0.146. The van der Waals surface area contributed by atoms with Crippen molar-refractivity contribution in [3.8, 4) is 0 Å². The van der Waals surface area contributed by atoms with Crippen molar-refractivity contribution < 1.29 is 9.53 Å². The largest absolute Gasteiger partial charge is 0.459 e. The number of ether oxygens (including phenoxy) is 1. The van der Waals surface area contributed by atoms with Crippen LogP contribution >= 0.6 is 11.3 Å². The molecule has 3 aromatic rings. The second-order valence-electron chi connectivity index (χ2n) is 6.09.